The first-order valence-corrected chi connectivity index (χ1v) is 6.72. The van der Waals surface area contributed by atoms with Crippen molar-refractivity contribution in [3.05, 3.63) is 96.6 Å². The lowest BCUT2D eigenvalue weighted by atomic mass is 10.1. The molecule has 2 heteroatoms. The van der Waals surface area contributed by atoms with Crippen molar-refractivity contribution in [2.75, 3.05) is 0 Å². The maximum Gasteiger partial charge on any atom is 0.248 e. The molecule has 0 heterocycles. The molecule has 0 atom stereocenters. The van der Waals surface area contributed by atoms with Gasteiger partial charge in [0, 0.05) is 5.56 Å². The number of carbonyl (C=O) groups is 1. The maximum atomic E-state index is 10.4. The Morgan fingerprint density at radius 1 is 0.571 bits per heavy atom. The van der Waals surface area contributed by atoms with Gasteiger partial charge in [-0.05, 0) is 23.3 Å². The molecule has 2 nitrogen and oxygen atoms in total. The summed E-state index contributed by atoms with van der Waals surface area (Å²) in [7, 11) is 0. The Hall–Kier alpha value is -2.87. The Bertz CT molecular complexity index is 626. The highest BCUT2D eigenvalue weighted by atomic mass is 16.1. The summed E-state index contributed by atoms with van der Waals surface area (Å²) >= 11 is 0. The van der Waals surface area contributed by atoms with E-state index in [0.717, 1.165) is 0 Å². The van der Waals surface area contributed by atoms with Crippen molar-refractivity contribution in [2.45, 2.75) is 0 Å². The van der Waals surface area contributed by atoms with Gasteiger partial charge < -0.3 is 5.73 Å². The van der Waals surface area contributed by atoms with Crippen LogP contribution in [0.25, 0.3) is 11.1 Å². The molecule has 2 N–H and O–H groups in total. The monoisotopic (exact) mass is 275 g/mol. The van der Waals surface area contributed by atoms with Crippen molar-refractivity contribution in [3.8, 4) is 11.1 Å². The minimum Gasteiger partial charge on any atom is -0.366 e. The molecule has 0 saturated carbocycles. The van der Waals surface area contributed by atoms with Gasteiger partial charge in [0.05, 0.1) is 0 Å². The number of hydrogen-bond donors (Lipinski definition) is 1. The first-order valence-electron chi connectivity index (χ1n) is 6.72. The molecule has 0 aliphatic heterocycles. The number of rotatable bonds is 2. The van der Waals surface area contributed by atoms with Gasteiger partial charge in [-0.2, -0.15) is 0 Å². The molecule has 3 aromatic carbocycles. The molecule has 0 fully saturated rings. The SMILES string of the molecule is NC(=O)c1ccccc1.c1ccc(-c2ccccc2)cc1. The molecule has 3 aromatic rings. The van der Waals surface area contributed by atoms with Crippen LogP contribution in [0, 0.1) is 0 Å². The molecule has 1 amide bonds. The van der Waals surface area contributed by atoms with Crippen LogP contribution in [0.1, 0.15) is 10.4 Å². The molecule has 21 heavy (non-hydrogen) atoms. The van der Waals surface area contributed by atoms with E-state index in [-0.39, 0.29) is 5.91 Å². The van der Waals surface area contributed by atoms with Crippen LogP contribution in [0.4, 0.5) is 0 Å². The zero-order valence-corrected chi connectivity index (χ0v) is 11.6. The number of amides is 1. The van der Waals surface area contributed by atoms with Crippen molar-refractivity contribution < 1.29 is 4.79 Å². The molecule has 104 valence electrons. The molecule has 0 saturated heterocycles. The molecule has 0 radical (unpaired) electrons. The summed E-state index contributed by atoms with van der Waals surface area (Å²) in [6, 6.07) is 29.5. The van der Waals surface area contributed by atoms with E-state index in [0.29, 0.717) is 5.56 Å². The van der Waals surface area contributed by atoms with E-state index in [1.165, 1.54) is 11.1 Å². The first-order chi connectivity index (χ1) is 10.3. The van der Waals surface area contributed by atoms with Crippen molar-refractivity contribution in [1.29, 1.82) is 0 Å². The molecule has 0 aromatic heterocycles. The molecule has 0 aliphatic rings. The van der Waals surface area contributed by atoms with Crippen LogP contribution >= 0.6 is 0 Å². The zero-order chi connectivity index (χ0) is 14.9. The van der Waals surface area contributed by atoms with Gasteiger partial charge in [0.25, 0.3) is 0 Å². The maximum absolute atomic E-state index is 10.4. The second kappa shape index (κ2) is 7.65. The second-order valence-corrected chi connectivity index (χ2v) is 4.46. The van der Waals surface area contributed by atoms with Crippen LogP contribution in [-0.2, 0) is 0 Å². The third-order valence-corrected chi connectivity index (χ3v) is 2.94. The lowest BCUT2D eigenvalue weighted by molar-refractivity contribution is 0.100. The van der Waals surface area contributed by atoms with E-state index < -0.39 is 0 Å². The van der Waals surface area contributed by atoms with E-state index in [1.54, 1.807) is 24.3 Å². The van der Waals surface area contributed by atoms with E-state index in [1.807, 2.05) is 18.2 Å². The molecular weight excluding hydrogens is 258 g/mol. The van der Waals surface area contributed by atoms with Crippen LogP contribution < -0.4 is 5.73 Å². The first kappa shape index (κ1) is 14.5. The molecule has 3 rings (SSSR count). The van der Waals surface area contributed by atoms with E-state index in [4.69, 9.17) is 5.73 Å². The van der Waals surface area contributed by atoms with Gasteiger partial charge in [0.1, 0.15) is 0 Å². The summed E-state index contributed by atoms with van der Waals surface area (Å²) in [4.78, 5) is 10.4. The van der Waals surface area contributed by atoms with Crippen LogP contribution in [0.5, 0.6) is 0 Å². The molecule has 0 unspecified atom stereocenters. The third-order valence-electron chi connectivity index (χ3n) is 2.94. The Kier molecular flexibility index (Phi) is 5.30. The normalized spacial score (nSPS) is 9.33. The second-order valence-electron chi connectivity index (χ2n) is 4.46. The van der Waals surface area contributed by atoms with Crippen molar-refractivity contribution >= 4 is 5.91 Å². The Balaban J connectivity index is 0.000000161. The molecule has 0 aliphatic carbocycles. The van der Waals surface area contributed by atoms with Gasteiger partial charge in [0.2, 0.25) is 5.91 Å². The fourth-order valence-corrected chi connectivity index (χ4v) is 1.86. The number of carbonyl (C=O) groups excluding carboxylic acids is 1. The predicted molar refractivity (Wildman–Crippen MR) is 86.8 cm³/mol. The third kappa shape index (κ3) is 4.62. The Morgan fingerprint density at radius 2 is 0.905 bits per heavy atom. The average molecular weight is 275 g/mol. The molecular formula is C19H17NO. The van der Waals surface area contributed by atoms with Crippen molar-refractivity contribution in [1.82, 2.24) is 0 Å². The molecule has 0 spiro atoms. The van der Waals surface area contributed by atoms with Crippen LogP contribution in [0.3, 0.4) is 0 Å². The number of hydrogen-bond acceptors (Lipinski definition) is 1. The lowest BCUT2D eigenvalue weighted by Crippen LogP contribution is -2.09. The van der Waals surface area contributed by atoms with Crippen LogP contribution in [0.15, 0.2) is 91.0 Å². The van der Waals surface area contributed by atoms with Gasteiger partial charge >= 0.3 is 0 Å². The van der Waals surface area contributed by atoms with Crippen molar-refractivity contribution in [3.63, 3.8) is 0 Å². The topological polar surface area (TPSA) is 43.1 Å². The predicted octanol–water partition coefficient (Wildman–Crippen LogP) is 4.14. The summed E-state index contributed by atoms with van der Waals surface area (Å²) in [6.07, 6.45) is 0. The number of primary amides is 1. The van der Waals surface area contributed by atoms with Gasteiger partial charge in [-0.15, -0.1) is 0 Å². The minimum absolute atomic E-state index is 0.379. The van der Waals surface area contributed by atoms with E-state index in [9.17, 15) is 4.79 Å². The smallest absolute Gasteiger partial charge is 0.248 e. The van der Waals surface area contributed by atoms with Crippen molar-refractivity contribution in [2.24, 2.45) is 5.73 Å². The van der Waals surface area contributed by atoms with E-state index >= 15 is 0 Å². The molecule has 0 bridgehead atoms. The number of nitrogens with two attached hydrogens (primary N) is 1. The van der Waals surface area contributed by atoms with Gasteiger partial charge in [-0.1, -0.05) is 78.9 Å². The highest BCUT2D eigenvalue weighted by molar-refractivity contribution is 5.92. The van der Waals surface area contributed by atoms with Gasteiger partial charge in [-0.25, -0.2) is 0 Å². The summed E-state index contributed by atoms with van der Waals surface area (Å²) in [5, 5.41) is 0. The van der Waals surface area contributed by atoms with Gasteiger partial charge in [-0.3, -0.25) is 4.79 Å². The minimum atomic E-state index is -0.379. The van der Waals surface area contributed by atoms with Crippen LogP contribution in [-0.4, -0.2) is 5.91 Å². The highest BCUT2D eigenvalue weighted by Crippen LogP contribution is 2.17. The quantitative estimate of drug-likeness (QED) is 0.750. The average Bonchev–Trinajstić information content (AvgIpc) is 2.58. The number of benzene rings is 3. The summed E-state index contributed by atoms with van der Waals surface area (Å²) in [6.45, 7) is 0. The summed E-state index contributed by atoms with van der Waals surface area (Å²) < 4.78 is 0. The Labute approximate surface area is 124 Å². The highest BCUT2D eigenvalue weighted by Gasteiger charge is 1.94. The largest absolute Gasteiger partial charge is 0.366 e. The standard InChI is InChI=1S/C12H10.C7H7NO/c1-3-7-11(8-4-1)12-9-5-2-6-10-12;8-7(9)6-4-2-1-3-5-6/h1-10H;1-5H,(H2,8,9). The van der Waals surface area contributed by atoms with Crippen LogP contribution in [0.2, 0.25) is 0 Å². The Morgan fingerprint density at radius 3 is 1.19 bits per heavy atom. The fourth-order valence-electron chi connectivity index (χ4n) is 1.86. The zero-order valence-electron chi connectivity index (χ0n) is 11.6. The van der Waals surface area contributed by atoms with E-state index in [2.05, 4.69) is 48.5 Å². The van der Waals surface area contributed by atoms with Gasteiger partial charge in [0.15, 0.2) is 0 Å². The lowest BCUT2D eigenvalue weighted by Gasteiger charge is -1.98. The summed E-state index contributed by atoms with van der Waals surface area (Å²) in [5.41, 5.74) is 8.08. The summed E-state index contributed by atoms with van der Waals surface area (Å²) in [5.74, 6) is -0.379. The fraction of sp³-hybridized carbons (Fsp3) is 0.